The van der Waals surface area contributed by atoms with E-state index in [0.717, 1.165) is 96.3 Å². The molecule has 0 aromatic heterocycles. The van der Waals surface area contributed by atoms with Gasteiger partial charge in [0, 0.05) is 19.3 Å². The maximum absolute atomic E-state index is 12.9. The molecule has 0 spiro atoms. The summed E-state index contributed by atoms with van der Waals surface area (Å²) in [5.41, 5.74) is 0. The Kier molecular flexibility index (Phi) is 62.7. The number of esters is 3. The summed E-state index contributed by atoms with van der Waals surface area (Å²) in [5.74, 6) is -0.856. The molecule has 0 heterocycles. The predicted molar refractivity (Wildman–Crippen MR) is 335 cm³/mol. The molecule has 1 unspecified atom stereocenters. The van der Waals surface area contributed by atoms with E-state index in [9.17, 15) is 14.4 Å². The maximum Gasteiger partial charge on any atom is 0.306 e. The van der Waals surface area contributed by atoms with Gasteiger partial charge in [-0.05, 0) is 70.6 Å². The van der Waals surface area contributed by atoms with Crippen LogP contribution in [0.3, 0.4) is 0 Å². The van der Waals surface area contributed by atoms with Crippen LogP contribution in [0.15, 0.2) is 72.9 Å². The smallest absolute Gasteiger partial charge is 0.306 e. The first-order chi connectivity index (χ1) is 38.0. The molecule has 0 saturated carbocycles. The molecule has 0 amide bonds. The lowest BCUT2D eigenvalue weighted by molar-refractivity contribution is -0.167. The summed E-state index contributed by atoms with van der Waals surface area (Å²) < 4.78 is 16.9. The largest absolute Gasteiger partial charge is 0.462 e. The number of carbonyl (C=O) groups is 3. The van der Waals surface area contributed by atoms with Crippen LogP contribution in [0.4, 0.5) is 0 Å². The number of hydrogen-bond acceptors (Lipinski definition) is 6. The molecule has 446 valence electrons. The molecule has 0 radical (unpaired) electrons. The zero-order valence-corrected chi connectivity index (χ0v) is 51.2. The molecule has 0 fully saturated rings. The van der Waals surface area contributed by atoms with E-state index in [0.29, 0.717) is 19.3 Å². The van der Waals surface area contributed by atoms with Crippen LogP contribution in [0, 0.1) is 0 Å². The molecule has 0 bridgehead atoms. The van der Waals surface area contributed by atoms with Gasteiger partial charge >= 0.3 is 17.9 Å². The third kappa shape index (κ3) is 63.6. The van der Waals surface area contributed by atoms with Gasteiger partial charge in [-0.2, -0.15) is 0 Å². The van der Waals surface area contributed by atoms with E-state index in [-0.39, 0.29) is 31.1 Å². The topological polar surface area (TPSA) is 78.9 Å². The van der Waals surface area contributed by atoms with Crippen LogP contribution in [-0.4, -0.2) is 37.2 Å². The summed E-state index contributed by atoms with van der Waals surface area (Å²) in [6.45, 7) is 6.57. The number of ether oxygens (including phenoxy) is 3. The third-order valence-corrected chi connectivity index (χ3v) is 14.7. The Morgan fingerprint density at radius 3 is 0.792 bits per heavy atom. The van der Waals surface area contributed by atoms with E-state index < -0.39 is 6.10 Å². The van der Waals surface area contributed by atoms with E-state index in [1.807, 2.05) is 0 Å². The minimum atomic E-state index is -0.773. The van der Waals surface area contributed by atoms with Crippen molar-refractivity contribution in [2.75, 3.05) is 13.2 Å². The Morgan fingerprint density at radius 2 is 0.506 bits per heavy atom. The molecule has 0 N–H and O–H groups in total. The highest BCUT2D eigenvalue weighted by Crippen LogP contribution is 2.18. The van der Waals surface area contributed by atoms with Crippen molar-refractivity contribution < 1.29 is 28.6 Å². The van der Waals surface area contributed by atoms with Crippen molar-refractivity contribution in [3.05, 3.63) is 72.9 Å². The first-order valence-electron chi connectivity index (χ1n) is 33.4. The van der Waals surface area contributed by atoms with Gasteiger partial charge in [-0.3, -0.25) is 14.4 Å². The molecule has 1 atom stereocenters. The maximum atomic E-state index is 12.9. The molecule has 0 aromatic rings. The second-order valence-electron chi connectivity index (χ2n) is 22.4. The quantitative estimate of drug-likeness (QED) is 0.0261. The Hall–Kier alpha value is -3.15. The fourth-order valence-electron chi connectivity index (χ4n) is 9.74. The lowest BCUT2D eigenvalue weighted by Gasteiger charge is -2.18. The monoisotopic (exact) mass is 1070 g/mol. The first-order valence-corrected chi connectivity index (χ1v) is 33.4. The minimum Gasteiger partial charge on any atom is -0.462 e. The number of hydrogen-bond donors (Lipinski definition) is 0. The van der Waals surface area contributed by atoms with Crippen LogP contribution in [0.25, 0.3) is 0 Å². The Morgan fingerprint density at radius 1 is 0.273 bits per heavy atom. The van der Waals surface area contributed by atoms with Crippen molar-refractivity contribution in [2.45, 2.75) is 348 Å². The van der Waals surface area contributed by atoms with Crippen molar-refractivity contribution in [1.82, 2.24) is 0 Å². The first kappa shape index (κ1) is 73.8. The average Bonchev–Trinajstić information content (AvgIpc) is 3.43. The number of carbonyl (C=O) groups excluding carboxylic acids is 3. The second-order valence-corrected chi connectivity index (χ2v) is 22.4. The standard InChI is InChI=1S/C71H126O6/c1-4-7-10-13-16-19-22-24-26-28-30-31-32-33-34-35-36-37-38-39-41-42-44-46-49-52-55-58-61-64-70(73)76-67-68(66-75-69(72)63-60-57-54-51-48-21-18-15-12-9-6-3)77-71(74)65-62-59-56-53-50-47-45-43-40-29-27-25-23-20-17-14-11-8-5-2/h7,10,16,19,24,26,30-31,33-34,36-37,68H,4-6,8-9,11-15,17-18,20-23,25,27-29,32,35,38-67H2,1-3H3/b10-7-,19-16-,26-24-,31-30-,34-33-,37-36-. The van der Waals surface area contributed by atoms with E-state index in [1.54, 1.807) is 0 Å². The fraction of sp³-hybridized carbons (Fsp3) is 0.789. The molecule has 0 aliphatic carbocycles. The molecule has 0 aliphatic rings. The van der Waals surface area contributed by atoms with Crippen LogP contribution in [0.5, 0.6) is 0 Å². The number of allylic oxidation sites excluding steroid dienone is 12. The highest BCUT2D eigenvalue weighted by atomic mass is 16.6. The van der Waals surface area contributed by atoms with E-state index in [1.165, 1.54) is 205 Å². The summed E-state index contributed by atoms with van der Waals surface area (Å²) in [6, 6.07) is 0. The van der Waals surface area contributed by atoms with Crippen LogP contribution >= 0.6 is 0 Å². The van der Waals surface area contributed by atoms with Gasteiger partial charge in [-0.15, -0.1) is 0 Å². The highest BCUT2D eigenvalue weighted by Gasteiger charge is 2.19. The Labute approximate surface area is 478 Å². The van der Waals surface area contributed by atoms with E-state index in [2.05, 4.69) is 93.7 Å². The molecule has 0 aromatic carbocycles. The Balaban J connectivity index is 4.22. The van der Waals surface area contributed by atoms with Gasteiger partial charge in [-0.25, -0.2) is 0 Å². The second kappa shape index (κ2) is 65.4. The number of unbranched alkanes of at least 4 members (excludes halogenated alkanes) is 38. The highest BCUT2D eigenvalue weighted by molar-refractivity contribution is 5.71. The third-order valence-electron chi connectivity index (χ3n) is 14.7. The van der Waals surface area contributed by atoms with Crippen molar-refractivity contribution in [3.8, 4) is 0 Å². The van der Waals surface area contributed by atoms with Crippen LogP contribution in [0.1, 0.15) is 342 Å². The fourth-order valence-corrected chi connectivity index (χ4v) is 9.74. The summed E-state index contributed by atoms with van der Waals surface area (Å²) >= 11 is 0. The van der Waals surface area contributed by atoms with Crippen LogP contribution < -0.4 is 0 Å². The van der Waals surface area contributed by atoms with Gasteiger partial charge in [0.1, 0.15) is 13.2 Å². The van der Waals surface area contributed by atoms with Crippen molar-refractivity contribution in [1.29, 1.82) is 0 Å². The molecule has 0 saturated heterocycles. The van der Waals surface area contributed by atoms with E-state index in [4.69, 9.17) is 14.2 Å². The SMILES string of the molecule is CC/C=C\C/C=C\C/C=C\C/C=C\C/C=C\C/C=C\CCCCCCCCCCCCC(=O)OCC(COC(=O)CCCCCCCCCCCCC)OC(=O)CCCCCCCCCCCCCCCCCCCCC. The van der Waals surface area contributed by atoms with Crippen molar-refractivity contribution >= 4 is 17.9 Å². The molecular formula is C71H126O6. The van der Waals surface area contributed by atoms with Gasteiger partial charge in [-0.1, -0.05) is 325 Å². The lowest BCUT2D eigenvalue weighted by Crippen LogP contribution is -2.30. The normalized spacial score (nSPS) is 12.5. The molecule has 77 heavy (non-hydrogen) atoms. The molecular weight excluding hydrogens is 949 g/mol. The summed E-state index contributed by atoms with van der Waals surface area (Å²) in [6.07, 6.45) is 84.9. The van der Waals surface area contributed by atoms with Crippen molar-refractivity contribution in [3.63, 3.8) is 0 Å². The lowest BCUT2D eigenvalue weighted by atomic mass is 10.0. The average molecular weight is 1080 g/mol. The Bertz CT molecular complexity index is 1420. The minimum absolute atomic E-state index is 0.0709. The van der Waals surface area contributed by atoms with Gasteiger partial charge in [0.2, 0.25) is 0 Å². The molecule has 6 heteroatoms. The molecule has 6 nitrogen and oxygen atoms in total. The predicted octanol–water partition coefficient (Wildman–Crippen LogP) is 22.9. The van der Waals surface area contributed by atoms with Crippen molar-refractivity contribution in [2.24, 2.45) is 0 Å². The van der Waals surface area contributed by atoms with E-state index >= 15 is 0 Å². The summed E-state index contributed by atoms with van der Waals surface area (Å²) in [7, 11) is 0. The molecule has 0 aliphatic heterocycles. The number of rotatable bonds is 61. The van der Waals surface area contributed by atoms with Gasteiger partial charge < -0.3 is 14.2 Å². The zero-order valence-electron chi connectivity index (χ0n) is 51.2. The van der Waals surface area contributed by atoms with Crippen LogP contribution in [0.2, 0.25) is 0 Å². The summed E-state index contributed by atoms with van der Waals surface area (Å²) in [5, 5.41) is 0. The van der Waals surface area contributed by atoms with Crippen LogP contribution in [-0.2, 0) is 28.6 Å². The summed E-state index contributed by atoms with van der Waals surface area (Å²) in [4.78, 5) is 38.3. The molecule has 0 rings (SSSR count). The van der Waals surface area contributed by atoms with Gasteiger partial charge in [0.25, 0.3) is 0 Å². The van der Waals surface area contributed by atoms with Gasteiger partial charge in [0.05, 0.1) is 0 Å². The van der Waals surface area contributed by atoms with Gasteiger partial charge in [0.15, 0.2) is 6.10 Å². The zero-order chi connectivity index (χ0) is 55.7.